The lowest BCUT2D eigenvalue weighted by molar-refractivity contribution is 0.104. The smallest absolute Gasteiger partial charge is 0.194 e. The molecule has 0 amide bonds. The highest BCUT2D eigenvalue weighted by atomic mass is 32.2. The summed E-state index contributed by atoms with van der Waals surface area (Å²) in [7, 11) is 0. The molecule has 39 heavy (non-hydrogen) atoms. The first kappa shape index (κ1) is 22.6. The summed E-state index contributed by atoms with van der Waals surface area (Å²) >= 11 is 3.49. The molecule has 0 saturated carbocycles. The van der Waals surface area contributed by atoms with Crippen molar-refractivity contribution in [3.8, 4) is 32.7 Å². The first-order chi connectivity index (χ1) is 19.2. The number of para-hydroxylation sites is 2. The van der Waals surface area contributed by atoms with Gasteiger partial charge < -0.3 is 4.90 Å². The highest BCUT2D eigenvalue weighted by Crippen LogP contribution is 2.52. The standard InChI is InChI=1S/C35H21NOS2/c37-35-28-19-22(12-15-26(28)27-16-13-24(20-29(27)35)32-11-6-18-38-32)23-14-17-31-34(21-23)39-33-10-5-4-9-30(33)36(31)25-7-2-1-3-8-25/h1-21H. The van der Waals surface area contributed by atoms with Gasteiger partial charge in [-0.25, -0.2) is 0 Å². The Morgan fingerprint density at radius 2 is 1.18 bits per heavy atom. The van der Waals surface area contributed by atoms with Crippen LogP contribution in [0.15, 0.2) is 136 Å². The molecule has 0 radical (unpaired) electrons. The third-order valence-electron chi connectivity index (χ3n) is 7.50. The summed E-state index contributed by atoms with van der Waals surface area (Å²) in [6, 6.07) is 42.4. The van der Waals surface area contributed by atoms with Crippen LogP contribution in [0, 0.1) is 0 Å². The molecule has 1 aliphatic carbocycles. The molecule has 5 aromatic carbocycles. The van der Waals surface area contributed by atoms with Crippen molar-refractivity contribution in [3.05, 3.63) is 138 Å². The van der Waals surface area contributed by atoms with Crippen LogP contribution in [0.2, 0.25) is 0 Å². The van der Waals surface area contributed by atoms with Crippen molar-refractivity contribution < 1.29 is 4.79 Å². The highest BCUT2D eigenvalue weighted by molar-refractivity contribution is 7.99. The van der Waals surface area contributed by atoms with Crippen LogP contribution in [0.1, 0.15) is 15.9 Å². The van der Waals surface area contributed by atoms with E-state index in [2.05, 4.69) is 119 Å². The molecule has 0 atom stereocenters. The molecule has 0 fully saturated rings. The van der Waals surface area contributed by atoms with E-state index < -0.39 is 0 Å². The topological polar surface area (TPSA) is 20.3 Å². The second-order valence-electron chi connectivity index (χ2n) is 9.75. The molecule has 1 aliphatic heterocycles. The first-order valence-electron chi connectivity index (χ1n) is 12.9. The SMILES string of the molecule is O=C1c2cc(-c3ccc4c(c3)Sc3ccccc3N4c3ccccc3)ccc2-c2ccc(-c3cccs3)cc21. The van der Waals surface area contributed by atoms with Crippen LogP contribution in [-0.2, 0) is 0 Å². The lowest BCUT2D eigenvalue weighted by Gasteiger charge is -2.33. The fourth-order valence-corrected chi connectivity index (χ4v) is 7.47. The van der Waals surface area contributed by atoms with Gasteiger partial charge >= 0.3 is 0 Å². The third kappa shape index (κ3) is 3.60. The maximum Gasteiger partial charge on any atom is 0.194 e. The summed E-state index contributed by atoms with van der Waals surface area (Å²) in [5.74, 6) is 0.108. The van der Waals surface area contributed by atoms with Crippen molar-refractivity contribution in [1.82, 2.24) is 0 Å². The summed E-state index contributed by atoms with van der Waals surface area (Å²) in [5, 5.41) is 2.07. The van der Waals surface area contributed by atoms with Crippen LogP contribution in [0.3, 0.4) is 0 Å². The third-order valence-corrected chi connectivity index (χ3v) is 9.53. The van der Waals surface area contributed by atoms with Gasteiger partial charge in [0.2, 0.25) is 0 Å². The van der Waals surface area contributed by atoms with E-state index in [4.69, 9.17) is 0 Å². The van der Waals surface area contributed by atoms with Crippen molar-refractivity contribution in [2.24, 2.45) is 0 Å². The van der Waals surface area contributed by atoms with Gasteiger partial charge in [-0.1, -0.05) is 78.5 Å². The zero-order valence-electron chi connectivity index (χ0n) is 20.8. The Kier molecular flexibility index (Phi) is 5.12. The maximum atomic E-state index is 13.6. The van der Waals surface area contributed by atoms with Crippen molar-refractivity contribution >= 4 is 45.9 Å². The summed E-state index contributed by atoms with van der Waals surface area (Å²) in [6.45, 7) is 0. The zero-order chi connectivity index (χ0) is 25.9. The minimum absolute atomic E-state index is 0.108. The van der Waals surface area contributed by atoms with Gasteiger partial charge in [0.05, 0.1) is 11.4 Å². The maximum absolute atomic E-state index is 13.6. The lowest BCUT2D eigenvalue weighted by atomic mass is 9.98. The molecule has 0 saturated heterocycles. The molecule has 184 valence electrons. The van der Waals surface area contributed by atoms with Gasteiger partial charge in [-0.05, 0) is 87.8 Å². The molecule has 2 heterocycles. The van der Waals surface area contributed by atoms with Crippen LogP contribution < -0.4 is 4.90 Å². The second-order valence-corrected chi connectivity index (χ2v) is 11.8. The predicted octanol–water partition coefficient (Wildman–Crippen LogP) is 10.2. The van der Waals surface area contributed by atoms with Crippen molar-refractivity contribution in [2.75, 3.05) is 4.90 Å². The molecule has 1 aromatic heterocycles. The number of anilines is 3. The molecule has 8 rings (SSSR count). The van der Waals surface area contributed by atoms with E-state index in [0.717, 1.165) is 44.6 Å². The van der Waals surface area contributed by atoms with Crippen molar-refractivity contribution in [2.45, 2.75) is 9.79 Å². The van der Waals surface area contributed by atoms with Gasteiger partial charge in [0, 0.05) is 31.5 Å². The summed E-state index contributed by atoms with van der Waals surface area (Å²) < 4.78 is 0. The van der Waals surface area contributed by atoms with Gasteiger partial charge in [0.25, 0.3) is 0 Å². The number of carbonyl (C=O) groups excluding carboxylic acids is 1. The average molecular weight is 536 g/mol. The minimum Gasteiger partial charge on any atom is -0.308 e. The first-order valence-corrected chi connectivity index (χ1v) is 14.6. The normalized spacial score (nSPS) is 13.0. The number of rotatable bonds is 3. The molecule has 4 heteroatoms. The number of carbonyl (C=O) groups is 1. The molecule has 2 nitrogen and oxygen atoms in total. The second kappa shape index (κ2) is 8.84. The summed E-state index contributed by atoms with van der Waals surface area (Å²) in [4.78, 5) is 19.5. The van der Waals surface area contributed by atoms with E-state index in [1.165, 1.54) is 26.0 Å². The Bertz CT molecular complexity index is 1910. The molecule has 6 aromatic rings. The Balaban J connectivity index is 1.19. The van der Waals surface area contributed by atoms with Crippen LogP contribution in [0.25, 0.3) is 32.7 Å². The predicted molar refractivity (Wildman–Crippen MR) is 163 cm³/mol. The lowest BCUT2D eigenvalue weighted by Crippen LogP contribution is -2.14. The van der Waals surface area contributed by atoms with Crippen LogP contribution in [0.5, 0.6) is 0 Å². The average Bonchev–Trinajstić information content (AvgIpc) is 3.63. The molecular weight excluding hydrogens is 515 g/mol. The number of fused-ring (bicyclic) bond motifs is 5. The van der Waals surface area contributed by atoms with Gasteiger partial charge in [-0.2, -0.15) is 0 Å². The summed E-state index contributed by atoms with van der Waals surface area (Å²) in [6.07, 6.45) is 0. The Hall–Kier alpha value is -4.38. The number of thiophene rings is 1. The Morgan fingerprint density at radius 1 is 0.513 bits per heavy atom. The van der Waals surface area contributed by atoms with E-state index in [1.54, 1.807) is 23.1 Å². The number of hydrogen-bond donors (Lipinski definition) is 0. The van der Waals surface area contributed by atoms with E-state index in [0.29, 0.717) is 0 Å². The highest BCUT2D eigenvalue weighted by Gasteiger charge is 2.28. The largest absolute Gasteiger partial charge is 0.308 e. The van der Waals surface area contributed by atoms with Crippen LogP contribution >= 0.6 is 23.1 Å². The number of benzene rings is 5. The van der Waals surface area contributed by atoms with Gasteiger partial charge in [-0.3, -0.25) is 4.79 Å². The van der Waals surface area contributed by atoms with Gasteiger partial charge in [-0.15, -0.1) is 11.3 Å². The van der Waals surface area contributed by atoms with Gasteiger partial charge in [0.15, 0.2) is 5.78 Å². The molecular formula is C35H21NOS2. The quantitative estimate of drug-likeness (QED) is 0.224. The van der Waals surface area contributed by atoms with E-state index in [9.17, 15) is 4.79 Å². The Morgan fingerprint density at radius 3 is 1.97 bits per heavy atom. The van der Waals surface area contributed by atoms with Crippen LogP contribution in [0.4, 0.5) is 17.1 Å². The molecule has 0 unspecified atom stereocenters. The van der Waals surface area contributed by atoms with Crippen molar-refractivity contribution in [1.29, 1.82) is 0 Å². The van der Waals surface area contributed by atoms with Crippen LogP contribution in [-0.4, -0.2) is 5.78 Å². The monoisotopic (exact) mass is 535 g/mol. The van der Waals surface area contributed by atoms with Gasteiger partial charge in [0.1, 0.15) is 0 Å². The number of nitrogens with zero attached hydrogens (tertiary/aromatic N) is 1. The minimum atomic E-state index is 0.108. The number of hydrogen-bond acceptors (Lipinski definition) is 4. The molecule has 0 bridgehead atoms. The van der Waals surface area contributed by atoms with Crippen molar-refractivity contribution in [3.63, 3.8) is 0 Å². The fourth-order valence-electron chi connectivity index (χ4n) is 5.65. The molecule has 0 spiro atoms. The summed E-state index contributed by atoms with van der Waals surface area (Å²) in [5.41, 5.74) is 10.4. The fraction of sp³-hybridized carbons (Fsp3) is 0. The van der Waals surface area contributed by atoms with E-state index in [-0.39, 0.29) is 5.78 Å². The van der Waals surface area contributed by atoms with E-state index >= 15 is 0 Å². The molecule has 0 N–H and O–H groups in total. The molecule has 2 aliphatic rings. The van der Waals surface area contributed by atoms with E-state index in [1.807, 2.05) is 12.1 Å². The zero-order valence-corrected chi connectivity index (χ0v) is 22.4. The number of ketones is 1. The Labute approximate surface area is 235 Å².